The van der Waals surface area contributed by atoms with Crippen LogP contribution in [0.2, 0.25) is 0 Å². The van der Waals surface area contributed by atoms with Gasteiger partial charge in [0.2, 0.25) is 0 Å². The Morgan fingerprint density at radius 3 is 3.00 bits per heavy atom. The number of benzene rings is 1. The lowest BCUT2D eigenvalue weighted by Gasteiger charge is -2.23. The van der Waals surface area contributed by atoms with Gasteiger partial charge in [0.25, 0.3) is 0 Å². The summed E-state index contributed by atoms with van der Waals surface area (Å²) in [6, 6.07) is 3.33. The highest BCUT2D eigenvalue weighted by Crippen LogP contribution is 2.33. The van der Waals surface area contributed by atoms with E-state index in [1.165, 1.54) is 18.9 Å². The average molecular weight is 302 g/mol. The molecular weight excluding hydrogens is 285 g/mol. The van der Waals surface area contributed by atoms with E-state index in [-0.39, 0.29) is 5.82 Å². The minimum absolute atomic E-state index is 0.271. The van der Waals surface area contributed by atoms with Crippen molar-refractivity contribution >= 4 is 15.9 Å². The average Bonchev–Trinajstić information content (AvgIpc) is 2.36. The summed E-state index contributed by atoms with van der Waals surface area (Å²) in [6.07, 6.45) is 3.38. The fourth-order valence-electron chi connectivity index (χ4n) is 2.36. The number of hydrogen-bond acceptors (Lipinski definition) is 2. The number of hydrogen-bond donors (Lipinski definition) is 1. The number of ether oxygens (including phenoxy) is 1. The van der Waals surface area contributed by atoms with E-state index in [2.05, 4.69) is 21.2 Å². The first-order chi connectivity index (χ1) is 8.22. The highest BCUT2D eigenvalue weighted by molar-refractivity contribution is 9.10. The molecule has 1 saturated heterocycles. The fourth-order valence-corrected chi connectivity index (χ4v) is 2.91. The molecular formula is C13H17BrFNO. The van der Waals surface area contributed by atoms with Gasteiger partial charge in [0.05, 0.1) is 11.6 Å². The standard InChI is InChI=1S/C13H17BrFNO/c1-17-13-10(4-5-11(15)12(13)14)7-9-3-2-6-16-8-9/h4-5,9,16H,2-3,6-8H2,1H3. The Hall–Kier alpha value is -0.610. The van der Waals surface area contributed by atoms with Gasteiger partial charge in [-0.3, -0.25) is 0 Å². The van der Waals surface area contributed by atoms with Gasteiger partial charge in [-0.15, -0.1) is 0 Å². The highest BCUT2D eigenvalue weighted by atomic mass is 79.9. The van der Waals surface area contributed by atoms with Gasteiger partial charge in [-0.05, 0) is 65.8 Å². The molecule has 0 bridgehead atoms. The smallest absolute Gasteiger partial charge is 0.141 e. The molecule has 0 aromatic heterocycles. The zero-order valence-electron chi connectivity index (χ0n) is 9.93. The third-order valence-electron chi connectivity index (χ3n) is 3.24. The van der Waals surface area contributed by atoms with Crippen molar-refractivity contribution in [1.82, 2.24) is 5.32 Å². The van der Waals surface area contributed by atoms with Crippen LogP contribution in [-0.2, 0) is 6.42 Å². The summed E-state index contributed by atoms with van der Waals surface area (Å²) in [5.41, 5.74) is 1.08. The third-order valence-corrected chi connectivity index (χ3v) is 3.98. The van der Waals surface area contributed by atoms with Crippen LogP contribution in [-0.4, -0.2) is 20.2 Å². The molecule has 0 aliphatic carbocycles. The Bertz CT molecular complexity index is 391. The maximum absolute atomic E-state index is 13.4. The normalized spacial score (nSPS) is 20.3. The van der Waals surface area contributed by atoms with E-state index >= 15 is 0 Å². The van der Waals surface area contributed by atoms with E-state index in [0.717, 1.165) is 25.1 Å². The summed E-state index contributed by atoms with van der Waals surface area (Å²) < 4.78 is 19.1. The molecule has 1 aromatic carbocycles. The Kier molecular flexibility index (Phi) is 4.40. The SMILES string of the molecule is COc1c(CC2CCCNC2)ccc(F)c1Br. The molecule has 1 N–H and O–H groups in total. The minimum atomic E-state index is -0.271. The monoisotopic (exact) mass is 301 g/mol. The highest BCUT2D eigenvalue weighted by Gasteiger charge is 2.18. The Morgan fingerprint density at radius 1 is 1.53 bits per heavy atom. The molecule has 1 aliphatic heterocycles. The number of piperidine rings is 1. The summed E-state index contributed by atoms with van der Waals surface area (Å²) in [5.74, 6) is 0.984. The van der Waals surface area contributed by atoms with Gasteiger partial charge in [0, 0.05) is 0 Å². The van der Waals surface area contributed by atoms with Crippen LogP contribution in [0, 0.1) is 11.7 Å². The summed E-state index contributed by atoms with van der Waals surface area (Å²) in [5, 5.41) is 3.39. The van der Waals surface area contributed by atoms with E-state index in [4.69, 9.17) is 4.74 Å². The van der Waals surface area contributed by atoms with Gasteiger partial charge < -0.3 is 10.1 Å². The van der Waals surface area contributed by atoms with Crippen molar-refractivity contribution in [1.29, 1.82) is 0 Å². The van der Waals surface area contributed by atoms with Crippen LogP contribution < -0.4 is 10.1 Å². The molecule has 0 radical (unpaired) electrons. The van der Waals surface area contributed by atoms with Gasteiger partial charge in [0.15, 0.2) is 0 Å². The van der Waals surface area contributed by atoms with Crippen LogP contribution in [0.3, 0.4) is 0 Å². The molecule has 1 aliphatic rings. The molecule has 17 heavy (non-hydrogen) atoms. The molecule has 1 fully saturated rings. The predicted molar refractivity (Wildman–Crippen MR) is 69.9 cm³/mol. The molecule has 1 atom stereocenters. The van der Waals surface area contributed by atoms with Gasteiger partial charge >= 0.3 is 0 Å². The van der Waals surface area contributed by atoms with Crippen molar-refractivity contribution in [3.05, 3.63) is 28.0 Å². The van der Waals surface area contributed by atoms with E-state index < -0.39 is 0 Å². The first-order valence-corrected chi connectivity index (χ1v) is 6.73. The zero-order valence-corrected chi connectivity index (χ0v) is 11.5. The largest absolute Gasteiger partial charge is 0.495 e. The topological polar surface area (TPSA) is 21.3 Å². The minimum Gasteiger partial charge on any atom is -0.495 e. The maximum Gasteiger partial charge on any atom is 0.141 e. The van der Waals surface area contributed by atoms with Crippen molar-refractivity contribution in [2.24, 2.45) is 5.92 Å². The molecule has 1 unspecified atom stereocenters. The van der Waals surface area contributed by atoms with Crippen molar-refractivity contribution in [2.45, 2.75) is 19.3 Å². The van der Waals surface area contributed by atoms with Crippen LogP contribution in [0.4, 0.5) is 4.39 Å². The second-order valence-corrected chi connectivity index (χ2v) is 5.26. The second-order valence-electron chi connectivity index (χ2n) is 4.47. The van der Waals surface area contributed by atoms with E-state index in [1.54, 1.807) is 7.11 Å². The van der Waals surface area contributed by atoms with Crippen molar-refractivity contribution in [2.75, 3.05) is 20.2 Å². The summed E-state index contributed by atoms with van der Waals surface area (Å²) in [6.45, 7) is 2.15. The lowest BCUT2D eigenvalue weighted by Crippen LogP contribution is -2.30. The number of rotatable bonds is 3. The molecule has 0 saturated carbocycles. The van der Waals surface area contributed by atoms with Gasteiger partial charge in [0.1, 0.15) is 11.6 Å². The van der Waals surface area contributed by atoms with E-state index in [1.807, 2.05) is 6.07 Å². The third kappa shape index (κ3) is 2.99. The molecule has 2 rings (SSSR count). The summed E-state index contributed by atoms with van der Waals surface area (Å²) in [7, 11) is 1.59. The quantitative estimate of drug-likeness (QED) is 0.926. The van der Waals surface area contributed by atoms with Gasteiger partial charge in [-0.1, -0.05) is 6.07 Å². The predicted octanol–water partition coefficient (Wildman–Crippen LogP) is 3.14. The molecule has 4 heteroatoms. The van der Waals surface area contributed by atoms with E-state index in [9.17, 15) is 4.39 Å². The number of nitrogens with one attached hydrogen (secondary N) is 1. The molecule has 1 aromatic rings. The Labute approximate surface area is 110 Å². The lowest BCUT2D eigenvalue weighted by atomic mass is 9.92. The molecule has 0 spiro atoms. The van der Waals surface area contributed by atoms with Crippen LogP contribution in [0.15, 0.2) is 16.6 Å². The van der Waals surface area contributed by atoms with Crippen molar-refractivity contribution < 1.29 is 9.13 Å². The van der Waals surface area contributed by atoms with Crippen molar-refractivity contribution in [3.63, 3.8) is 0 Å². The zero-order chi connectivity index (χ0) is 12.3. The molecule has 1 heterocycles. The fraction of sp³-hybridized carbons (Fsp3) is 0.538. The van der Waals surface area contributed by atoms with Gasteiger partial charge in [-0.2, -0.15) is 0 Å². The first kappa shape index (κ1) is 12.8. The maximum atomic E-state index is 13.4. The van der Waals surface area contributed by atoms with Crippen LogP contribution in [0.25, 0.3) is 0 Å². The Morgan fingerprint density at radius 2 is 2.35 bits per heavy atom. The van der Waals surface area contributed by atoms with Crippen LogP contribution in [0.5, 0.6) is 5.75 Å². The van der Waals surface area contributed by atoms with Crippen LogP contribution in [0.1, 0.15) is 18.4 Å². The van der Waals surface area contributed by atoms with Crippen molar-refractivity contribution in [3.8, 4) is 5.75 Å². The lowest BCUT2D eigenvalue weighted by molar-refractivity contribution is 0.362. The summed E-state index contributed by atoms with van der Waals surface area (Å²) in [4.78, 5) is 0. The summed E-state index contributed by atoms with van der Waals surface area (Å²) >= 11 is 3.24. The van der Waals surface area contributed by atoms with E-state index in [0.29, 0.717) is 16.1 Å². The molecule has 2 nitrogen and oxygen atoms in total. The number of halogens is 2. The molecule has 0 amide bonds. The van der Waals surface area contributed by atoms with Gasteiger partial charge in [-0.25, -0.2) is 4.39 Å². The second kappa shape index (κ2) is 5.83. The van der Waals surface area contributed by atoms with Crippen LogP contribution >= 0.6 is 15.9 Å². The first-order valence-electron chi connectivity index (χ1n) is 5.94. The number of methoxy groups -OCH3 is 1. The molecule has 94 valence electrons. The Balaban J connectivity index is 2.17.